The Kier molecular flexibility index (Phi) is 5.64. The molecule has 2 aromatic heterocycles. The summed E-state index contributed by atoms with van der Waals surface area (Å²) in [6.07, 6.45) is 4.44. The summed E-state index contributed by atoms with van der Waals surface area (Å²) >= 11 is 1.72. The number of fused-ring (bicyclic) bond motifs is 1. The van der Waals surface area contributed by atoms with Gasteiger partial charge in [0.05, 0.1) is 32.7 Å². The second-order valence-electron chi connectivity index (χ2n) is 7.73. The number of thiophene rings is 1. The Bertz CT molecular complexity index is 962. The summed E-state index contributed by atoms with van der Waals surface area (Å²) in [7, 11) is 0. The Morgan fingerprint density at radius 1 is 1.18 bits per heavy atom. The van der Waals surface area contributed by atoms with Crippen LogP contribution in [0.1, 0.15) is 35.9 Å². The Morgan fingerprint density at radius 2 is 1.93 bits per heavy atom. The van der Waals surface area contributed by atoms with E-state index in [1.807, 2.05) is 11.0 Å². The molecule has 1 aliphatic rings. The first kappa shape index (κ1) is 19.0. The Balaban J connectivity index is 1.37. The lowest BCUT2D eigenvalue weighted by atomic mass is 10.2. The quantitative estimate of drug-likeness (QED) is 0.707. The molecule has 0 bridgehead atoms. The average molecular weight is 395 g/mol. The van der Waals surface area contributed by atoms with Crippen molar-refractivity contribution in [3.8, 4) is 0 Å². The van der Waals surface area contributed by atoms with E-state index in [0.717, 1.165) is 38.4 Å². The van der Waals surface area contributed by atoms with Crippen LogP contribution in [0.3, 0.4) is 0 Å². The van der Waals surface area contributed by atoms with Crippen molar-refractivity contribution < 1.29 is 9.69 Å². The van der Waals surface area contributed by atoms with Crippen molar-refractivity contribution >= 4 is 33.5 Å². The summed E-state index contributed by atoms with van der Waals surface area (Å²) < 4.78 is 2.20. The van der Waals surface area contributed by atoms with E-state index < -0.39 is 0 Å². The topological polar surface area (TPSA) is 29.7 Å². The number of quaternary nitrogens is 1. The number of carbonyl (C=O) groups excluding carboxylic acids is 1. The molecule has 0 radical (unpaired) electrons. The monoisotopic (exact) mass is 394 g/mol. The molecular weight excluding hydrogens is 366 g/mol. The predicted molar refractivity (Wildman–Crippen MR) is 117 cm³/mol. The Labute approximate surface area is 170 Å². The molecule has 1 aliphatic heterocycles. The summed E-state index contributed by atoms with van der Waals surface area (Å²) in [5, 5.41) is 3.28. The van der Waals surface area contributed by atoms with Crippen LogP contribution in [0.4, 0.5) is 0 Å². The molecule has 3 aromatic rings. The minimum absolute atomic E-state index is 0.177. The molecule has 4 rings (SSSR count). The first-order valence-corrected chi connectivity index (χ1v) is 10.9. The van der Waals surface area contributed by atoms with Crippen molar-refractivity contribution in [3.05, 3.63) is 65.2 Å². The number of nitrogens with one attached hydrogen (secondary N) is 1. The smallest absolute Gasteiger partial charge is 0.270 e. The third kappa shape index (κ3) is 3.91. The van der Waals surface area contributed by atoms with E-state index in [2.05, 4.69) is 72.3 Å². The van der Waals surface area contributed by atoms with Crippen LogP contribution in [0, 0.1) is 0 Å². The fourth-order valence-corrected chi connectivity index (χ4v) is 4.97. The maximum Gasteiger partial charge on any atom is 0.270 e. The zero-order chi connectivity index (χ0) is 19.5. The zero-order valence-corrected chi connectivity index (χ0v) is 17.4. The number of nitrogens with zero attached hydrogens (tertiary/aromatic N) is 2. The Morgan fingerprint density at radius 3 is 2.64 bits per heavy atom. The van der Waals surface area contributed by atoms with Crippen molar-refractivity contribution in [2.24, 2.45) is 0 Å². The van der Waals surface area contributed by atoms with Crippen LogP contribution in [0.15, 0.2) is 53.9 Å². The number of hydrogen-bond donors (Lipinski definition) is 1. The molecule has 0 aliphatic carbocycles. The van der Waals surface area contributed by atoms with E-state index in [1.54, 1.807) is 11.3 Å². The summed E-state index contributed by atoms with van der Waals surface area (Å²) in [5.74, 6) is 0.177. The molecule has 28 heavy (non-hydrogen) atoms. The van der Waals surface area contributed by atoms with Crippen molar-refractivity contribution in [1.82, 2.24) is 9.47 Å². The normalized spacial score (nSPS) is 15.9. The third-order valence-electron chi connectivity index (χ3n) is 5.45. The summed E-state index contributed by atoms with van der Waals surface area (Å²) in [4.78, 5) is 18.0. The standard InChI is InChI=1S/C23H27N3OS/c1-18(2)26-21(17-20-10-16-28-23(20)26)22(27)25-14-12-24(13-15-25)11-6-9-19-7-4-3-5-8-19/h3-10,16-18H,11-15H2,1-2H3/p+1/b9-6+. The van der Waals surface area contributed by atoms with E-state index in [-0.39, 0.29) is 11.9 Å². The van der Waals surface area contributed by atoms with E-state index in [9.17, 15) is 4.79 Å². The fourth-order valence-electron chi connectivity index (χ4n) is 3.94. The van der Waals surface area contributed by atoms with Crippen LogP contribution in [0.25, 0.3) is 16.3 Å². The minimum atomic E-state index is 0.177. The summed E-state index contributed by atoms with van der Waals surface area (Å²) in [5.41, 5.74) is 2.08. The highest BCUT2D eigenvalue weighted by Gasteiger charge is 2.27. The lowest BCUT2D eigenvalue weighted by Crippen LogP contribution is -3.14. The van der Waals surface area contributed by atoms with Gasteiger partial charge in [0, 0.05) is 11.4 Å². The molecule has 0 unspecified atom stereocenters. The van der Waals surface area contributed by atoms with Gasteiger partial charge >= 0.3 is 0 Å². The van der Waals surface area contributed by atoms with Gasteiger partial charge in [-0.25, -0.2) is 0 Å². The van der Waals surface area contributed by atoms with Crippen molar-refractivity contribution in [2.45, 2.75) is 19.9 Å². The highest BCUT2D eigenvalue weighted by molar-refractivity contribution is 7.16. The largest absolute Gasteiger partial charge is 0.329 e. The van der Waals surface area contributed by atoms with Gasteiger partial charge in [-0.15, -0.1) is 11.3 Å². The van der Waals surface area contributed by atoms with E-state index >= 15 is 0 Å². The van der Waals surface area contributed by atoms with Gasteiger partial charge in [0.2, 0.25) is 0 Å². The molecule has 4 nitrogen and oxygen atoms in total. The molecule has 3 heterocycles. The predicted octanol–water partition coefficient (Wildman–Crippen LogP) is 3.34. The molecule has 1 aromatic carbocycles. The molecule has 1 saturated heterocycles. The fraction of sp³-hybridized carbons (Fsp3) is 0.348. The number of hydrogen-bond acceptors (Lipinski definition) is 2. The maximum absolute atomic E-state index is 13.2. The number of piperazine rings is 1. The van der Waals surface area contributed by atoms with Gasteiger partial charge < -0.3 is 14.4 Å². The number of aromatic nitrogens is 1. The second-order valence-corrected chi connectivity index (χ2v) is 8.63. The van der Waals surface area contributed by atoms with Gasteiger partial charge in [-0.3, -0.25) is 4.79 Å². The minimum Gasteiger partial charge on any atom is -0.329 e. The van der Waals surface area contributed by atoms with Crippen LogP contribution in [0.2, 0.25) is 0 Å². The number of rotatable bonds is 5. The molecule has 0 spiro atoms. The molecule has 0 atom stereocenters. The molecule has 146 valence electrons. The molecule has 1 N–H and O–H groups in total. The molecular formula is C23H28N3OS+. The highest BCUT2D eigenvalue weighted by Crippen LogP contribution is 2.29. The lowest BCUT2D eigenvalue weighted by Gasteiger charge is -2.32. The van der Waals surface area contributed by atoms with Gasteiger partial charge in [0.1, 0.15) is 10.5 Å². The maximum atomic E-state index is 13.2. The van der Waals surface area contributed by atoms with Gasteiger partial charge in [0.25, 0.3) is 5.91 Å². The van der Waals surface area contributed by atoms with Crippen molar-refractivity contribution in [3.63, 3.8) is 0 Å². The lowest BCUT2D eigenvalue weighted by molar-refractivity contribution is -0.898. The van der Waals surface area contributed by atoms with Gasteiger partial charge in [-0.2, -0.15) is 0 Å². The summed E-state index contributed by atoms with van der Waals surface area (Å²) in [6, 6.07) is 14.9. The summed E-state index contributed by atoms with van der Waals surface area (Å²) in [6.45, 7) is 8.96. The molecule has 0 saturated carbocycles. The van der Waals surface area contributed by atoms with Gasteiger partial charge in [-0.05, 0) is 43.0 Å². The number of carbonyl (C=O) groups is 1. The molecule has 1 amide bonds. The highest BCUT2D eigenvalue weighted by atomic mass is 32.1. The average Bonchev–Trinajstić information content (AvgIpc) is 3.29. The zero-order valence-electron chi connectivity index (χ0n) is 16.6. The van der Waals surface area contributed by atoms with Gasteiger partial charge in [-0.1, -0.05) is 36.4 Å². The van der Waals surface area contributed by atoms with Crippen LogP contribution in [-0.4, -0.2) is 48.1 Å². The Hall–Kier alpha value is -2.37. The van der Waals surface area contributed by atoms with Crippen LogP contribution in [0.5, 0.6) is 0 Å². The third-order valence-corrected chi connectivity index (χ3v) is 6.38. The number of benzene rings is 1. The van der Waals surface area contributed by atoms with Crippen molar-refractivity contribution in [2.75, 3.05) is 32.7 Å². The number of amides is 1. The molecule has 1 fully saturated rings. The van der Waals surface area contributed by atoms with Crippen LogP contribution >= 0.6 is 11.3 Å². The van der Waals surface area contributed by atoms with Gasteiger partial charge in [0.15, 0.2) is 0 Å². The van der Waals surface area contributed by atoms with E-state index in [1.165, 1.54) is 20.7 Å². The first-order valence-electron chi connectivity index (χ1n) is 10.1. The van der Waals surface area contributed by atoms with E-state index in [0.29, 0.717) is 0 Å². The van der Waals surface area contributed by atoms with Crippen LogP contribution in [-0.2, 0) is 0 Å². The SMILES string of the molecule is CC(C)n1c(C(=O)N2CC[NH+](C/C=C/c3ccccc3)CC2)cc2ccsc21. The molecule has 5 heteroatoms. The first-order chi connectivity index (χ1) is 13.6. The second kappa shape index (κ2) is 8.33. The van der Waals surface area contributed by atoms with E-state index in [4.69, 9.17) is 0 Å². The van der Waals surface area contributed by atoms with Crippen molar-refractivity contribution in [1.29, 1.82) is 0 Å². The van der Waals surface area contributed by atoms with Crippen LogP contribution < -0.4 is 4.90 Å².